The van der Waals surface area contributed by atoms with Crippen LogP contribution in [0.25, 0.3) is 11.4 Å². The second-order valence-corrected chi connectivity index (χ2v) is 7.51. The molecule has 2 heterocycles. The van der Waals surface area contributed by atoms with Crippen molar-refractivity contribution in [3.63, 3.8) is 0 Å². The number of hydrogen-bond acceptors (Lipinski definition) is 5. The molecule has 4 rings (SSSR count). The van der Waals surface area contributed by atoms with Crippen molar-refractivity contribution < 1.29 is 4.52 Å². The number of rotatable bonds is 4. The van der Waals surface area contributed by atoms with Crippen LogP contribution >= 0.6 is 11.6 Å². The lowest BCUT2D eigenvalue weighted by atomic mass is 10.1. The minimum atomic E-state index is 0.407. The third-order valence-electron chi connectivity index (χ3n) is 5.13. The lowest BCUT2D eigenvalue weighted by Crippen LogP contribution is -2.51. The Labute approximate surface area is 164 Å². The molecule has 6 heteroatoms. The molecule has 0 bridgehead atoms. The van der Waals surface area contributed by atoms with Gasteiger partial charge in [-0.15, -0.1) is 0 Å². The smallest absolute Gasteiger partial charge is 0.241 e. The summed E-state index contributed by atoms with van der Waals surface area (Å²) in [5.74, 6) is 1.25. The number of piperazine rings is 1. The van der Waals surface area contributed by atoms with Crippen molar-refractivity contribution in [3.8, 4) is 11.4 Å². The van der Waals surface area contributed by atoms with E-state index in [4.69, 9.17) is 16.1 Å². The quantitative estimate of drug-likeness (QED) is 0.668. The van der Waals surface area contributed by atoms with Crippen molar-refractivity contribution in [2.45, 2.75) is 26.4 Å². The van der Waals surface area contributed by atoms with Crippen molar-refractivity contribution >= 4 is 17.3 Å². The van der Waals surface area contributed by atoms with E-state index in [1.165, 1.54) is 11.3 Å². The molecule has 1 aromatic heterocycles. The number of aryl methyl sites for hydroxylation is 1. The van der Waals surface area contributed by atoms with Crippen LogP contribution in [-0.4, -0.2) is 40.7 Å². The number of halogens is 1. The van der Waals surface area contributed by atoms with Gasteiger partial charge in [0.25, 0.3) is 0 Å². The van der Waals surface area contributed by atoms with Crippen LogP contribution in [0.2, 0.25) is 5.02 Å². The predicted molar refractivity (Wildman–Crippen MR) is 108 cm³/mol. The second kappa shape index (κ2) is 7.71. The average molecular weight is 383 g/mol. The number of aromatic nitrogens is 2. The molecule has 27 heavy (non-hydrogen) atoms. The van der Waals surface area contributed by atoms with E-state index in [1.54, 1.807) is 0 Å². The average Bonchev–Trinajstić information content (AvgIpc) is 3.13. The minimum absolute atomic E-state index is 0.407. The zero-order valence-electron chi connectivity index (χ0n) is 15.6. The molecule has 1 fully saturated rings. The third kappa shape index (κ3) is 3.99. The van der Waals surface area contributed by atoms with Gasteiger partial charge in [-0.2, -0.15) is 4.98 Å². The Morgan fingerprint density at radius 1 is 1.11 bits per heavy atom. The molecule has 1 saturated heterocycles. The summed E-state index contributed by atoms with van der Waals surface area (Å²) in [7, 11) is 0. The molecule has 1 aliphatic heterocycles. The van der Waals surface area contributed by atoms with E-state index < -0.39 is 0 Å². The van der Waals surface area contributed by atoms with Gasteiger partial charge in [-0.3, -0.25) is 4.90 Å². The summed E-state index contributed by atoms with van der Waals surface area (Å²) in [6, 6.07) is 16.4. The van der Waals surface area contributed by atoms with Crippen molar-refractivity contribution in [2.75, 3.05) is 24.5 Å². The van der Waals surface area contributed by atoms with Crippen LogP contribution in [0.3, 0.4) is 0 Å². The molecular weight excluding hydrogens is 360 g/mol. The van der Waals surface area contributed by atoms with Crippen molar-refractivity contribution in [3.05, 3.63) is 65.0 Å². The first kappa shape index (κ1) is 18.0. The van der Waals surface area contributed by atoms with Crippen molar-refractivity contribution in [1.29, 1.82) is 0 Å². The highest BCUT2D eigenvalue weighted by atomic mass is 35.5. The van der Waals surface area contributed by atoms with Crippen LogP contribution in [0.1, 0.15) is 18.4 Å². The van der Waals surface area contributed by atoms with Gasteiger partial charge in [-0.05, 0) is 49.7 Å². The maximum atomic E-state index is 5.94. The summed E-state index contributed by atoms with van der Waals surface area (Å²) in [5.41, 5.74) is 3.56. The summed E-state index contributed by atoms with van der Waals surface area (Å²) < 4.78 is 5.48. The fraction of sp³-hybridized carbons (Fsp3) is 0.333. The largest absolute Gasteiger partial charge is 0.368 e. The predicted octanol–water partition coefficient (Wildman–Crippen LogP) is 4.41. The zero-order valence-corrected chi connectivity index (χ0v) is 16.4. The first-order chi connectivity index (χ1) is 13.1. The van der Waals surface area contributed by atoms with Gasteiger partial charge in [0.1, 0.15) is 0 Å². The van der Waals surface area contributed by atoms with Crippen LogP contribution in [-0.2, 0) is 6.54 Å². The molecule has 0 amide bonds. The monoisotopic (exact) mass is 382 g/mol. The molecule has 0 saturated carbocycles. The van der Waals surface area contributed by atoms with Gasteiger partial charge >= 0.3 is 0 Å². The molecule has 0 radical (unpaired) electrons. The van der Waals surface area contributed by atoms with E-state index in [0.29, 0.717) is 29.3 Å². The highest BCUT2D eigenvalue weighted by Crippen LogP contribution is 2.24. The Morgan fingerprint density at radius 2 is 1.89 bits per heavy atom. The molecule has 1 aliphatic rings. The molecule has 5 nitrogen and oxygen atoms in total. The van der Waals surface area contributed by atoms with Gasteiger partial charge in [0.2, 0.25) is 11.7 Å². The molecule has 0 aliphatic carbocycles. The van der Waals surface area contributed by atoms with Gasteiger partial charge in [0, 0.05) is 41.9 Å². The first-order valence-corrected chi connectivity index (χ1v) is 9.61. The summed E-state index contributed by atoms with van der Waals surface area (Å²) in [6.45, 7) is 8.04. The van der Waals surface area contributed by atoms with E-state index in [-0.39, 0.29) is 0 Å². The maximum Gasteiger partial charge on any atom is 0.241 e. The van der Waals surface area contributed by atoms with E-state index in [1.807, 2.05) is 24.3 Å². The Morgan fingerprint density at radius 3 is 2.63 bits per heavy atom. The summed E-state index contributed by atoms with van der Waals surface area (Å²) in [4.78, 5) is 9.41. The van der Waals surface area contributed by atoms with E-state index >= 15 is 0 Å². The molecule has 140 valence electrons. The van der Waals surface area contributed by atoms with Crippen LogP contribution in [0.4, 0.5) is 5.69 Å². The molecule has 0 unspecified atom stereocenters. The van der Waals surface area contributed by atoms with Gasteiger partial charge in [-0.1, -0.05) is 35.0 Å². The van der Waals surface area contributed by atoms with Gasteiger partial charge in [0.05, 0.1) is 6.54 Å². The van der Waals surface area contributed by atoms with Gasteiger partial charge in [-0.25, -0.2) is 0 Å². The fourth-order valence-electron chi connectivity index (χ4n) is 3.58. The lowest BCUT2D eigenvalue weighted by molar-refractivity contribution is 0.159. The fourth-order valence-corrected chi connectivity index (χ4v) is 3.70. The van der Waals surface area contributed by atoms with Crippen LogP contribution in [0.5, 0.6) is 0 Å². The summed E-state index contributed by atoms with van der Waals surface area (Å²) in [5, 5.41) is 4.81. The Bertz CT molecular complexity index is 909. The normalized spacial score (nSPS) is 18.0. The maximum absolute atomic E-state index is 5.94. The van der Waals surface area contributed by atoms with Crippen LogP contribution < -0.4 is 4.90 Å². The zero-order chi connectivity index (χ0) is 18.8. The number of para-hydroxylation sites is 1. The van der Waals surface area contributed by atoms with Crippen LogP contribution in [0, 0.1) is 6.92 Å². The topological polar surface area (TPSA) is 45.4 Å². The summed E-state index contributed by atoms with van der Waals surface area (Å²) in [6.07, 6.45) is 0. The first-order valence-electron chi connectivity index (χ1n) is 9.23. The molecule has 0 N–H and O–H groups in total. The second-order valence-electron chi connectivity index (χ2n) is 7.07. The van der Waals surface area contributed by atoms with E-state index in [9.17, 15) is 0 Å². The summed E-state index contributed by atoms with van der Waals surface area (Å²) >= 11 is 5.94. The highest BCUT2D eigenvalue weighted by molar-refractivity contribution is 6.30. The lowest BCUT2D eigenvalue weighted by Gasteiger charge is -2.40. The standard InChI is InChI=1S/C21H23ClN4O/c1-15-5-3-4-6-19(15)26-12-11-25(16(2)13-26)14-20-23-21(24-27-20)17-7-9-18(22)10-8-17/h3-10,16H,11-14H2,1-2H3/t16-/m0/s1. The van der Waals surface area contributed by atoms with E-state index in [0.717, 1.165) is 25.2 Å². The SMILES string of the molecule is Cc1ccccc1N1CCN(Cc2nc(-c3ccc(Cl)cc3)no2)[C@@H](C)C1. The van der Waals surface area contributed by atoms with Crippen LogP contribution in [0.15, 0.2) is 53.1 Å². The van der Waals surface area contributed by atoms with Crippen molar-refractivity contribution in [1.82, 2.24) is 15.0 Å². The minimum Gasteiger partial charge on any atom is -0.368 e. The molecule has 0 spiro atoms. The highest BCUT2D eigenvalue weighted by Gasteiger charge is 2.26. The molecule has 3 aromatic rings. The Balaban J connectivity index is 1.41. The van der Waals surface area contributed by atoms with Gasteiger partial charge < -0.3 is 9.42 Å². The van der Waals surface area contributed by atoms with Gasteiger partial charge in [0.15, 0.2) is 0 Å². The van der Waals surface area contributed by atoms with E-state index in [2.05, 4.69) is 58.1 Å². The molecular formula is C21H23ClN4O. The third-order valence-corrected chi connectivity index (χ3v) is 5.38. The molecule has 2 aromatic carbocycles. The number of nitrogens with zero attached hydrogens (tertiary/aromatic N) is 4. The Hall–Kier alpha value is -2.37. The number of anilines is 1. The Kier molecular flexibility index (Phi) is 5.14. The number of hydrogen-bond donors (Lipinski definition) is 0. The molecule has 1 atom stereocenters. The van der Waals surface area contributed by atoms with Crippen molar-refractivity contribution in [2.24, 2.45) is 0 Å². The number of benzene rings is 2.